The fourth-order valence-electron chi connectivity index (χ4n) is 3.56. The van der Waals surface area contributed by atoms with Gasteiger partial charge in [-0.25, -0.2) is 4.79 Å². The highest BCUT2D eigenvalue weighted by Crippen LogP contribution is 2.28. The van der Waals surface area contributed by atoms with Gasteiger partial charge in [-0.15, -0.1) is 0 Å². The third-order valence-electron chi connectivity index (χ3n) is 5.12. The third-order valence-corrected chi connectivity index (χ3v) is 5.12. The van der Waals surface area contributed by atoms with Crippen molar-refractivity contribution in [2.24, 2.45) is 0 Å². The highest BCUT2D eigenvalue weighted by atomic mass is 16.5. The molecule has 1 aliphatic rings. The summed E-state index contributed by atoms with van der Waals surface area (Å²) in [5, 5.41) is 9.72. The molecule has 7 nitrogen and oxygen atoms in total. The normalized spacial score (nSPS) is 14.5. The van der Waals surface area contributed by atoms with Gasteiger partial charge in [0.25, 0.3) is 0 Å². The number of carbonyl (C=O) groups is 1. The van der Waals surface area contributed by atoms with E-state index in [1.54, 1.807) is 13.2 Å². The number of anilines is 2. The van der Waals surface area contributed by atoms with Crippen molar-refractivity contribution in [2.45, 2.75) is 6.92 Å². The molecule has 0 unspecified atom stereocenters. The minimum Gasteiger partial charge on any atom is -0.497 e. The van der Waals surface area contributed by atoms with Gasteiger partial charge in [-0.2, -0.15) is 0 Å². The molecule has 2 aromatic rings. The summed E-state index contributed by atoms with van der Waals surface area (Å²) in [6.07, 6.45) is -0.966. The summed E-state index contributed by atoms with van der Waals surface area (Å²) < 4.78 is 10.9. The van der Waals surface area contributed by atoms with Crippen molar-refractivity contribution < 1.29 is 19.4 Å². The van der Waals surface area contributed by atoms with Gasteiger partial charge in [0.1, 0.15) is 11.5 Å². The number of ether oxygens (including phenoxy) is 2. The van der Waals surface area contributed by atoms with Crippen molar-refractivity contribution >= 4 is 17.5 Å². The van der Waals surface area contributed by atoms with E-state index in [0.29, 0.717) is 31.1 Å². The maximum Gasteiger partial charge on any atom is 0.411 e. The van der Waals surface area contributed by atoms with E-state index in [1.807, 2.05) is 43.3 Å². The van der Waals surface area contributed by atoms with E-state index in [0.717, 1.165) is 37.6 Å². The Labute approximate surface area is 172 Å². The first-order valence-corrected chi connectivity index (χ1v) is 9.96. The number of para-hydroxylation sites is 2. The lowest BCUT2D eigenvalue weighted by atomic mass is 10.2. The molecule has 0 radical (unpaired) electrons. The predicted octanol–water partition coefficient (Wildman–Crippen LogP) is 3.40. The third kappa shape index (κ3) is 5.32. The minimum atomic E-state index is -0.966. The van der Waals surface area contributed by atoms with Crippen molar-refractivity contribution in [3.63, 3.8) is 0 Å². The molecule has 1 aliphatic heterocycles. The van der Waals surface area contributed by atoms with Crippen LogP contribution in [-0.2, 0) is 0 Å². The summed E-state index contributed by atoms with van der Waals surface area (Å²) in [4.78, 5) is 17.9. The van der Waals surface area contributed by atoms with Gasteiger partial charge in [-0.05, 0) is 31.2 Å². The predicted molar refractivity (Wildman–Crippen MR) is 115 cm³/mol. The molecule has 1 amide bonds. The van der Waals surface area contributed by atoms with Gasteiger partial charge in [0.2, 0.25) is 0 Å². The number of hydrogen-bond donors (Lipinski definition) is 1. The Kier molecular flexibility index (Phi) is 7.19. The van der Waals surface area contributed by atoms with Gasteiger partial charge in [-0.3, -0.25) is 9.80 Å². The fraction of sp³-hybridized carbons (Fsp3) is 0.409. The zero-order valence-corrected chi connectivity index (χ0v) is 17.1. The van der Waals surface area contributed by atoms with Gasteiger partial charge in [0.15, 0.2) is 0 Å². The number of methoxy groups -OCH3 is 1. The van der Waals surface area contributed by atoms with E-state index >= 15 is 0 Å². The largest absolute Gasteiger partial charge is 0.497 e. The average molecular weight is 399 g/mol. The molecule has 0 bridgehead atoms. The summed E-state index contributed by atoms with van der Waals surface area (Å²) in [5.41, 5.74) is 1.75. The monoisotopic (exact) mass is 399 g/mol. The highest BCUT2D eigenvalue weighted by Gasteiger charge is 2.22. The zero-order valence-electron chi connectivity index (χ0n) is 17.1. The summed E-state index contributed by atoms with van der Waals surface area (Å²) in [6, 6.07) is 15.4. The molecule has 1 fully saturated rings. The topological polar surface area (TPSA) is 65.5 Å². The van der Waals surface area contributed by atoms with E-state index < -0.39 is 6.09 Å². The minimum absolute atomic E-state index is 0.401. The lowest BCUT2D eigenvalue weighted by Gasteiger charge is -2.37. The number of carboxylic acid groups (broad SMARTS) is 1. The van der Waals surface area contributed by atoms with Crippen LogP contribution in [0.4, 0.5) is 16.2 Å². The lowest BCUT2D eigenvalue weighted by molar-refractivity contribution is 0.198. The van der Waals surface area contributed by atoms with Crippen LogP contribution in [0.1, 0.15) is 6.92 Å². The number of rotatable bonds is 8. The standard InChI is InChI=1S/C22H29N3O4/c1-3-29-21-10-5-4-9-20(21)25(22(26)27)16-13-23-11-14-24(15-12-23)18-7-6-8-19(17-18)28-2/h4-10,17H,3,11-16H2,1-2H3,(H,26,27). The SMILES string of the molecule is CCOc1ccccc1N(CCN1CCN(c2cccc(OC)c2)CC1)C(=O)O. The van der Waals surface area contributed by atoms with E-state index in [-0.39, 0.29) is 0 Å². The summed E-state index contributed by atoms with van der Waals surface area (Å²) in [5.74, 6) is 1.45. The second-order valence-electron chi connectivity index (χ2n) is 6.87. The van der Waals surface area contributed by atoms with Crippen LogP contribution < -0.4 is 19.3 Å². The highest BCUT2D eigenvalue weighted by molar-refractivity contribution is 5.88. The molecule has 1 heterocycles. The van der Waals surface area contributed by atoms with Crippen molar-refractivity contribution in [1.29, 1.82) is 0 Å². The fourth-order valence-corrected chi connectivity index (χ4v) is 3.56. The lowest BCUT2D eigenvalue weighted by Crippen LogP contribution is -2.49. The van der Waals surface area contributed by atoms with Crippen LogP contribution in [0.3, 0.4) is 0 Å². The van der Waals surface area contributed by atoms with Crippen LogP contribution in [-0.4, -0.2) is 69.1 Å². The van der Waals surface area contributed by atoms with E-state index in [2.05, 4.69) is 15.9 Å². The summed E-state index contributed by atoms with van der Waals surface area (Å²) in [7, 11) is 1.68. The van der Waals surface area contributed by atoms with Gasteiger partial charge in [-0.1, -0.05) is 18.2 Å². The Balaban J connectivity index is 1.57. The first kappa shape index (κ1) is 20.8. The number of benzene rings is 2. The average Bonchev–Trinajstić information content (AvgIpc) is 2.75. The van der Waals surface area contributed by atoms with Gasteiger partial charge >= 0.3 is 6.09 Å². The zero-order chi connectivity index (χ0) is 20.6. The van der Waals surface area contributed by atoms with Crippen LogP contribution in [0.5, 0.6) is 11.5 Å². The van der Waals surface area contributed by atoms with E-state index in [1.165, 1.54) is 4.90 Å². The molecule has 1 N–H and O–H groups in total. The molecular formula is C22H29N3O4. The second-order valence-corrected chi connectivity index (χ2v) is 6.87. The number of hydrogen-bond acceptors (Lipinski definition) is 5. The van der Waals surface area contributed by atoms with Crippen LogP contribution in [0.15, 0.2) is 48.5 Å². The maximum absolute atomic E-state index is 11.9. The first-order chi connectivity index (χ1) is 14.1. The van der Waals surface area contributed by atoms with Crippen molar-refractivity contribution in [3.05, 3.63) is 48.5 Å². The molecule has 2 aromatic carbocycles. The molecule has 0 saturated carbocycles. The number of nitrogens with zero attached hydrogens (tertiary/aromatic N) is 3. The molecule has 1 saturated heterocycles. The van der Waals surface area contributed by atoms with Crippen LogP contribution in [0, 0.1) is 0 Å². The molecule has 156 valence electrons. The Bertz CT molecular complexity index is 806. The van der Waals surface area contributed by atoms with Crippen molar-refractivity contribution in [2.75, 3.05) is 62.8 Å². The molecule has 0 spiro atoms. The van der Waals surface area contributed by atoms with Crippen molar-refractivity contribution in [3.8, 4) is 11.5 Å². The van der Waals surface area contributed by atoms with Crippen molar-refractivity contribution in [1.82, 2.24) is 4.90 Å². The molecule has 3 rings (SSSR count). The summed E-state index contributed by atoms with van der Waals surface area (Å²) >= 11 is 0. The summed E-state index contributed by atoms with van der Waals surface area (Å²) in [6.45, 7) is 7.04. The number of amides is 1. The molecule has 0 atom stereocenters. The molecule has 7 heteroatoms. The quantitative estimate of drug-likeness (QED) is 0.734. The Morgan fingerprint density at radius 2 is 1.86 bits per heavy atom. The van der Waals surface area contributed by atoms with E-state index in [4.69, 9.17) is 9.47 Å². The van der Waals surface area contributed by atoms with Gasteiger partial charge in [0, 0.05) is 51.0 Å². The smallest absolute Gasteiger partial charge is 0.411 e. The van der Waals surface area contributed by atoms with E-state index in [9.17, 15) is 9.90 Å². The Hall–Kier alpha value is -2.93. The van der Waals surface area contributed by atoms with Gasteiger partial charge in [0.05, 0.1) is 19.4 Å². The molecule has 0 aliphatic carbocycles. The van der Waals surface area contributed by atoms with Crippen LogP contribution in [0.2, 0.25) is 0 Å². The molecule has 29 heavy (non-hydrogen) atoms. The maximum atomic E-state index is 11.9. The van der Waals surface area contributed by atoms with Gasteiger partial charge < -0.3 is 19.5 Å². The Morgan fingerprint density at radius 3 is 2.55 bits per heavy atom. The second kappa shape index (κ2) is 10.0. The van der Waals surface area contributed by atoms with Crippen LogP contribution in [0.25, 0.3) is 0 Å². The molecule has 0 aromatic heterocycles. The first-order valence-electron chi connectivity index (χ1n) is 9.96. The number of piperazine rings is 1. The van der Waals surface area contributed by atoms with Crippen LogP contribution >= 0.6 is 0 Å². The molecular weight excluding hydrogens is 370 g/mol. The Morgan fingerprint density at radius 1 is 1.10 bits per heavy atom.